The Bertz CT molecular complexity index is 1310. The highest BCUT2D eigenvalue weighted by atomic mass is 19.2. The Kier molecular flexibility index (Phi) is 7.21. The lowest BCUT2D eigenvalue weighted by Crippen LogP contribution is -2.54. The standard InChI is InChI=1S/C29H32F2N4O3/c1-37-25-8-5-20(14-26(25)38-2)29-10-9-22(35(28(32)36)21-6-7-23(30)24(31)15-21)16-27(29)34(13-11-29)18-19-4-3-12-33-17-19/h3-8,12,14-15,17,22,27H,9-11,13,16,18H2,1-2H3,(H2,32,36)/t22?,27-,29?/m0/s1. The van der Waals surface area contributed by atoms with Gasteiger partial charge in [-0.25, -0.2) is 13.6 Å². The molecule has 1 aliphatic heterocycles. The SMILES string of the molecule is COc1ccc(C23CCC(N(C(N)=O)c4ccc(F)c(F)c4)C[C@@H]2N(Cc2cccnc2)CC3)cc1OC. The van der Waals surface area contributed by atoms with Crippen LogP contribution in [0.4, 0.5) is 19.3 Å². The first kappa shape index (κ1) is 25.9. The van der Waals surface area contributed by atoms with Crippen molar-refractivity contribution >= 4 is 11.7 Å². The fourth-order valence-corrected chi connectivity index (χ4v) is 6.41. The molecule has 2 fully saturated rings. The maximum atomic E-state index is 14.1. The van der Waals surface area contributed by atoms with Gasteiger partial charge in [0.1, 0.15) is 0 Å². The smallest absolute Gasteiger partial charge is 0.319 e. The fourth-order valence-electron chi connectivity index (χ4n) is 6.41. The van der Waals surface area contributed by atoms with Gasteiger partial charge in [0, 0.05) is 48.2 Å². The molecule has 1 saturated carbocycles. The predicted molar refractivity (Wildman–Crippen MR) is 140 cm³/mol. The summed E-state index contributed by atoms with van der Waals surface area (Å²) >= 11 is 0. The number of hydrogen-bond acceptors (Lipinski definition) is 5. The molecular weight excluding hydrogens is 490 g/mol. The van der Waals surface area contributed by atoms with E-state index in [4.69, 9.17) is 15.2 Å². The normalized spacial score (nSPS) is 23.1. The quantitative estimate of drug-likeness (QED) is 0.471. The molecule has 1 saturated heterocycles. The summed E-state index contributed by atoms with van der Waals surface area (Å²) in [5.41, 5.74) is 8.15. The minimum absolute atomic E-state index is 0.0618. The minimum Gasteiger partial charge on any atom is -0.493 e. The Labute approximate surface area is 221 Å². The number of ether oxygens (including phenoxy) is 2. The summed E-state index contributed by atoms with van der Waals surface area (Å²) in [7, 11) is 3.25. The number of nitrogens with two attached hydrogens (primary N) is 1. The van der Waals surface area contributed by atoms with Crippen LogP contribution in [0.25, 0.3) is 0 Å². The minimum atomic E-state index is -1.01. The molecule has 7 nitrogen and oxygen atoms in total. The van der Waals surface area contributed by atoms with Gasteiger partial charge < -0.3 is 15.2 Å². The molecule has 2 unspecified atom stereocenters. The zero-order chi connectivity index (χ0) is 26.9. The van der Waals surface area contributed by atoms with Crippen molar-refractivity contribution in [1.29, 1.82) is 0 Å². The molecule has 2 amide bonds. The van der Waals surface area contributed by atoms with E-state index in [2.05, 4.69) is 28.1 Å². The van der Waals surface area contributed by atoms with E-state index in [1.165, 1.54) is 11.0 Å². The first-order chi connectivity index (χ1) is 18.4. The molecule has 1 aliphatic carbocycles. The van der Waals surface area contributed by atoms with Gasteiger partial charge >= 0.3 is 6.03 Å². The molecule has 3 aromatic rings. The van der Waals surface area contributed by atoms with E-state index in [0.717, 1.165) is 42.6 Å². The number of aromatic nitrogens is 1. The van der Waals surface area contributed by atoms with Gasteiger partial charge in [-0.3, -0.25) is 14.8 Å². The Morgan fingerprint density at radius 2 is 1.92 bits per heavy atom. The topological polar surface area (TPSA) is 80.9 Å². The number of carbonyl (C=O) groups is 1. The lowest BCUT2D eigenvalue weighted by molar-refractivity contribution is 0.137. The number of halogens is 2. The average Bonchev–Trinajstić information content (AvgIpc) is 3.29. The summed E-state index contributed by atoms with van der Waals surface area (Å²) in [5.74, 6) is -0.635. The summed E-state index contributed by atoms with van der Waals surface area (Å²) < 4.78 is 38.9. The molecule has 2 N–H and O–H groups in total. The molecule has 9 heteroatoms. The number of pyridine rings is 1. The van der Waals surface area contributed by atoms with Gasteiger partial charge in [0.15, 0.2) is 23.1 Å². The van der Waals surface area contributed by atoms with E-state index < -0.39 is 17.7 Å². The fraction of sp³-hybridized carbons (Fsp3) is 0.379. The number of nitrogens with zero attached hydrogens (tertiary/aromatic N) is 3. The largest absolute Gasteiger partial charge is 0.493 e. The van der Waals surface area contributed by atoms with E-state index in [-0.39, 0.29) is 23.2 Å². The number of urea groups is 1. The highest BCUT2D eigenvalue weighted by Crippen LogP contribution is 2.51. The summed E-state index contributed by atoms with van der Waals surface area (Å²) in [6.45, 7) is 1.57. The van der Waals surface area contributed by atoms with Crippen molar-refractivity contribution in [2.75, 3.05) is 25.7 Å². The van der Waals surface area contributed by atoms with Crippen LogP contribution in [0.2, 0.25) is 0 Å². The van der Waals surface area contributed by atoms with E-state index in [1.54, 1.807) is 20.4 Å². The molecule has 2 aliphatic rings. The second-order valence-corrected chi connectivity index (χ2v) is 10.1. The zero-order valence-electron chi connectivity index (χ0n) is 21.6. The molecular formula is C29H32F2N4O3. The number of hydrogen-bond donors (Lipinski definition) is 1. The van der Waals surface area contributed by atoms with Crippen molar-refractivity contribution in [2.45, 2.75) is 49.7 Å². The van der Waals surface area contributed by atoms with Crippen LogP contribution < -0.4 is 20.1 Å². The highest BCUT2D eigenvalue weighted by molar-refractivity contribution is 5.91. The third-order valence-electron chi connectivity index (χ3n) is 8.19. The molecule has 3 atom stereocenters. The number of amides is 2. The molecule has 0 bridgehead atoms. The molecule has 1 aromatic heterocycles. The summed E-state index contributed by atoms with van der Waals surface area (Å²) in [4.78, 5) is 20.8. The van der Waals surface area contributed by atoms with E-state index in [0.29, 0.717) is 30.9 Å². The zero-order valence-corrected chi connectivity index (χ0v) is 21.6. The van der Waals surface area contributed by atoms with Crippen LogP contribution in [-0.2, 0) is 12.0 Å². The van der Waals surface area contributed by atoms with E-state index in [9.17, 15) is 13.6 Å². The van der Waals surface area contributed by atoms with Crippen LogP contribution in [0.5, 0.6) is 11.5 Å². The number of rotatable bonds is 7. The third-order valence-corrected chi connectivity index (χ3v) is 8.19. The average molecular weight is 523 g/mol. The predicted octanol–water partition coefficient (Wildman–Crippen LogP) is 5.03. The number of primary amides is 1. The highest BCUT2D eigenvalue weighted by Gasteiger charge is 2.52. The van der Waals surface area contributed by atoms with Crippen LogP contribution >= 0.6 is 0 Å². The molecule has 0 radical (unpaired) electrons. The first-order valence-electron chi connectivity index (χ1n) is 12.8. The van der Waals surface area contributed by atoms with Gasteiger partial charge in [-0.1, -0.05) is 12.1 Å². The maximum absolute atomic E-state index is 14.1. The second-order valence-electron chi connectivity index (χ2n) is 10.1. The van der Waals surface area contributed by atoms with Crippen LogP contribution in [-0.4, -0.2) is 48.8 Å². The number of fused-ring (bicyclic) bond motifs is 1. The summed E-state index contributed by atoms with van der Waals surface area (Å²) in [5, 5.41) is 0. The maximum Gasteiger partial charge on any atom is 0.319 e. The number of carbonyl (C=O) groups excluding carboxylic acids is 1. The van der Waals surface area contributed by atoms with E-state index in [1.807, 2.05) is 18.3 Å². The third kappa shape index (κ3) is 4.67. The number of benzene rings is 2. The Hall–Kier alpha value is -3.72. The molecule has 2 heterocycles. The van der Waals surface area contributed by atoms with Crippen molar-refractivity contribution in [1.82, 2.24) is 9.88 Å². The molecule has 200 valence electrons. The van der Waals surface area contributed by atoms with E-state index >= 15 is 0 Å². The number of anilines is 1. The van der Waals surface area contributed by atoms with Crippen LogP contribution in [0.15, 0.2) is 60.9 Å². The van der Waals surface area contributed by atoms with Gasteiger partial charge in [0.05, 0.1) is 14.2 Å². The molecule has 2 aromatic carbocycles. The molecule has 0 spiro atoms. The first-order valence-corrected chi connectivity index (χ1v) is 12.8. The number of likely N-dealkylation sites (tertiary alicyclic amines) is 1. The van der Waals surface area contributed by atoms with Crippen molar-refractivity contribution in [3.05, 3.63) is 83.7 Å². The Morgan fingerprint density at radius 3 is 2.61 bits per heavy atom. The lowest BCUT2D eigenvalue weighted by Gasteiger charge is -2.47. The Balaban J connectivity index is 1.52. The van der Waals surface area contributed by atoms with Gasteiger partial charge in [0.2, 0.25) is 0 Å². The summed E-state index contributed by atoms with van der Waals surface area (Å²) in [6, 6.07) is 12.7. The van der Waals surface area contributed by atoms with Gasteiger partial charge in [-0.15, -0.1) is 0 Å². The van der Waals surface area contributed by atoms with Crippen LogP contribution in [0.1, 0.15) is 36.8 Å². The number of methoxy groups -OCH3 is 2. The van der Waals surface area contributed by atoms with Gasteiger partial charge in [-0.2, -0.15) is 0 Å². The molecule has 5 rings (SSSR count). The van der Waals surface area contributed by atoms with Crippen molar-refractivity contribution in [3.8, 4) is 11.5 Å². The van der Waals surface area contributed by atoms with Crippen molar-refractivity contribution < 1.29 is 23.0 Å². The van der Waals surface area contributed by atoms with Crippen LogP contribution in [0, 0.1) is 11.6 Å². The molecule has 38 heavy (non-hydrogen) atoms. The van der Waals surface area contributed by atoms with Crippen molar-refractivity contribution in [3.63, 3.8) is 0 Å². The van der Waals surface area contributed by atoms with Crippen molar-refractivity contribution in [2.24, 2.45) is 5.73 Å². The van der Waals surface area contributed by atoms with Crippen LogP contribution in [0.3, 0.4) is 0 Å². The second kappa shape index (κ2) is 10.6. The van der Waals surface area contributed by atoms with Gasteiger partial charge in [0.25, 0.3) is 0 Å². The summed E-state index contributed by atoms with van der Waals surface area (Å²) in [6.07, 6.45) is 6.62. The van der Waals surface area contributed by atoms with Gasteiger partial charge in [-0.05, 0) is 73.7 Å². The lowest BCUT2D eigenvalue weighted by atomic mass is 9.64. The Morgan fingerprint density at radius 1 is 1.11 bits per heavy atom. The monoisotopic (exact) mass is 522 g/mol.